The van der Waals surface area contributed by atoms with Gasteiger partial charge in [0.25, 0.3) is 0 Å². The molecule has 1 aliphatic rings. The van der Waals surface area contributed by atoms with E-state index in [4.69, 9.17) is 23.2 Å². The second-order valence-electron chi connectivity index (χ2n) is 3.93. The van der Waals surface area contributed by atoms with Crippen molar-refractivity contribution in [1.29, 1.82) is 0 Å². The Morgan fingerprint density at radius 1 is 1.53 bits per heavy atom. The van der Waals surface area contributed by atoms with Crippen molar-refractivity contribution < 1.29 is 8.42 Å². The molecule has 0 aromatic carbocycles. The van der Waals surface area contributed by atoms with Crippen molar-refractivity contribution in [2.75, 3.05) is 5.75 Å². The lowest BCUT2D eigenvalue weighted by Gasteiger charge is -2.17. The zero-order valence-electron chi connectivity index (χ0n) is 8.98. The molecule has 0 fully saturated rings. The van der Waals surface area contributed by atoms with Crippen molar-refractivity contribution in [3.05, 3.63) is 31.8 Å². The van der Waals surface area contributed by atoms with Crippen LogP contribution in [0.15, 0.2) is 17.6 Å². The Morgan fingerprint density at radius 2 is 2.24 bits per heavy atom. The van der Waals surface area contributed by atoms with Crippen LogP contribution in [-0.2, 0) is 9.84 Å². The molecule has 0 bridgehead atoms. The first-order chi connectivity index (χ1) is 7.87. The minimum atomic E-state index is -3.03. The van der Waals surface area contributed by atoms with Crippen LogP contribution in [0.4, 0.5) is 0 Å². The van der Waals surface area contributed by atoms with Gasteiger partial charge in [-0.1, -0.05) is 29.3 Å². The van der Waals surface area contributed by atoms with Gasteiger partial charge in [-0.3, -0.25) is 0 Å². The van der Waals surface area contributed by atoms with Gasteiger partial charge in [-0.25, -0.2) is 8.42 Å². The van der Waals surface area contributed by atoms with Crippen molar-refractivity contribution >= 4 is 44.4 Å². The summed E-state index contributed by atoms with van der Waals surface area (Å²) >= 11 is 13.2. The van der Waals surface area contributed by atoms with Crippen LogP contribution in [0, 0.1) is 0 Å². The molecule has 0 saturated heterocycles. The molecule has 0 spiro atoms. The highest BCUT2D eigenvalue weighted by atomic mass is 35.5. The number of rotatable bonds is 3. The number of halogens is 2. The summed E-state index contributed by atoms with van der Waals surface area (Å²) in [7, 11) is -3.03. The molecule has 3 nitrogen and oxygen atoms in total. The van der Waals surface area contributed by atoms with Gasteiger partial charge in [-0.2, -0.15) is 0 Å². The van der Waals surface area contributed by atoms with E-state index in [0.29, 0.717) is 8.67 Å². The first-order valence-electron chi connectivity index (χ1n) is 4.99. The van der Waals surface area contributed by atoms with E-state index in [1.54, 1.807) is 12.1 Å². The molecule has 2 rings (SSSR count). The summed E-state index contributed by atoms with van der Waals surface area (Å²) in [6.45, 7) is 1.93. The third-order valence-electron chi connectivity index (χ3n) is 2.54. The molecule has 7 heteroatoms. The molecular weight excluding hydrogens is 301 g/mol. The van der Waals surface area contributed by atoms with Gasteiger partial charge in [0, 0.05) is 17.5 Å². The maximum absolute atomic E-state index is 11.3. The van der Waals surface area contributed by atoms with E-state index in [2.05, 4.69) is 5.32 Å². The SMILES string of the molecule is CC(NC1C=CS(=O)(=O)C1)c1cc(Cl)sc1Cl. The van der Waals surface area contributed by atoms with Gasteiger partial charge < -0.3 is 5.32 Å². The van der Waals surface area contributed by atoms with Crippen LogP contribution in [0.1, 0.15) is 18.5 Å². The lowest BCUT2D eigenvalue weighted by atomic mass is 10.1. The van der Waals surface area contributed by atoms with E-state index in [0.717, 1.165) is 5.56 Å². The average molecular weight is 312 g/mol. The summed E-state index contributed by atoms with van der Waals surface area (Å²) in [5, 5.41) is 4.45. The molecule has 1 aromatic rings. The topological polar surface area (TPSA) is 46.2 Å². The van der Waals surface area contributed by atoms with Crippen LogP contribution in [-0.4, -0.2) is 20.2 Å². The molecule has 1 aliphatic heterocycles. The van der Waals surface area contributed by atoms with Gasteiger partial charge in [0.05, 0.1) is 14.4 Å². The van der Waals surface area contributed by atoms with Gasteiger partial charge in [-0.15, -0.1) is 11.3 Å². The van der Waals surface area contributed by atoms with Crippen molar-refractivity contribution in [2.45, 2.75) is 19.0 Å². The van der Waals surface area contributed by atoms with Crippen molar-refractivity contribution in [2.24, 2.45) is 0 Å². The molecule has 0 amide bonds. The van der Waals surface area contributed by atoms with Crippen LogP contribution >= 0.6 is 34.5 Å². The third kappa shape index (κ3) is 3.23. The number of thiophene rings is 1. The molecule has 17 heavy (non-hydrogen) atoms. The van der Waals surface area contributed by atoms with Crippen LogP contribution in [0.3, 0.4) is 0 Å². The van der Waals surface area contributed by atoms with Gasteiger partial charge >= 0.3 is 0 Å². The normalized spacial score (nSPS) is 24.1. The van der Waals surface area contributed by atoms with Crippen molar-refractivity contribution in [1.82, 2.24) is 5.32 Å². The van der Waals surface area contributed by atoms with E-state index >= 15 is 0 Å². The largest absolute Gasteiger partial charge is 0.303 e. The van der Waals surface area contributed by atoms with E-state index in [9.17, 15) is 8.42 Å². The summed E-state index contributed by atoms with van der Waals surface area (Å²) in [6.07, 6.45) is 1.66. The lowest BCUT2D eigenvalue weighted by molar-refractivity contribution is 0.536. The van der Waals surface area contributed by atoms with Gasteiger partial charge in [0.15, 0.2) is 9.84 Å². The highest BCUT2D eigenvalue weighted by Crippen LogP contribution is 2.35. The number of nitrogens with one attached hydrogen (secondary N) is 1. The van der Waals surface area contributed by atoms with Crippen LogP contribution in [0.5, 0.6) is 0 Å². The quantitative estimate of drug-likeness (QED) is 0.933. The standard InChI is InChI=1S/C10H11Cl2NO2S2/c1-6(8-4-9(11)16-10(8)12)13-7-2-3-17(14,15)5-7/h2-4,6-7,13H,5H2,1H3. The summed E-state index contributed by atoms with van der Waals surface area (Å²) in [5.41, 5.74) is 0.902. The Hall–Kier alpha value is -0.0700. The molecule has 2 atom stereocenters. The lowest BCUT2D eigenvalue weighted by Crippen LogP contribution is -2.32. The molecule has 0 saturated carbocycles. The highest BCUT2D eigenvalue weighted by molar-refractivity contribution is 7.94. The molecule has 2 unspecified atom stereocenters. The maximum Gasteiger partial charge on any atom is 0.173 e. The monoisotopic (exact) mass is 311 g/mol. The summed E-state index contributed by atoms with van der Waals surface area (Å²) in [5.74, 6) is 0.104. The summed E-state index contributed by atoms with van der Waals surface area (Å²) < 4.78 is 23.8. The van der Waals surface area contributed by atoms with Crippen molar-refractivity contribution in [3.63, 3.8) is 0 Å². The predicted octanol–water partition coefficient (Wildman–Crippen LogP) is 3.02. The fourth-order valence-electron chi connectivity index (χ4n) is 1.74. The second kappa shape index (κ2) is 4.90. The Balaban J connectivity index is 2.06. The zero-order valence-corrected chi connectivity index (χ0v) is 12.1. The highest BCUT2D eigenvalue weighted by Gasteiger charge is 2.24. The Bertz CT molecular complexity index is 551. The zero-order chi connectivity index (χ0) is 12.6. The molecule has 94 valence electrons. The maximum atomic E-state index is 11.3. The minimum Gasteiger partial charge on any atom is -0.303 e. The molecule has 1 N–H and O–H groups in total. The number of hydrogen-bond acceptors (Lipinski definition) is 4. The third-order valence-corrected chi connectivity index (χ3v) is 5.46. The van der Waals surface area contributed by atoms with Crippen LogP contribution < -0.4 is 5.32 Å². The van der Waals surface area contributed by atoms with Crippen molar-refractivity contribution in [3.8, 4) is 0 Å². The summed E-state index contributed by atoms with van der Waals surface area (Å²) in [6, 6.07) is 1.61. The molecule has 1 aromatic heterocycles. The first-order valence-corrected chi connectivity index (χ1v) is 8.28. The Kier molecular flexibility index (Phi) is 3.85. The van der Waals surface area contributed by atoms with E-state index < -0.39 is 9.84 Å². The number of hydrogen-bond donors (Lipinski definition) is 1. The van der Waals surface area contributed by atoms with Crippen LogP contribution in [0.25, 0.3) is 0 Å². The summed E-state index contributed by atoms with van der Waals surface area (Å²) in [4.78, 5) is 0. The predicted molar refractivity (Wildman–Crippen MR) is 72.6 cm³/mol. The second-order valence-corrected chi connectivity index (χ2v) is 8.15. The molecule has 2 heterocycles. The number of sulfone groups is 1. The molecule has 0 radical (unpaired) electrons. The molecule has 0 aliphatic carbocycles. The van der Waals surface area contributed by atoms with E-state index in [-0.39, 0.29) is 17.8 Å². The molecular formula is C10H11Cl2NO2S2. The van der Waals surface area contributed by atoms with Crippen LogP contribution in [0.2, 0.25) is 8.67 Å². The minimum absolute atomic E-state index is 0.0331. The Morgan fingerprint density at radius 3 is 2.71 bits per heavy atom. The smallest absolute Gasteiger partial charge is 0.173 e. The fourth-order valence-corrected chi connectivity index (χ4v) is 4.63. The van der Waals surface area contributed by atoms with Gasteiger partial charge in [-0.05, 0) is 18.6 Å². The van der Waals surface area contributed by atoms with Gasteiger partial charge in [0.2, 0.25) is 0 Å². The Labute approximate surface area is 114 Å². The first kappa shape index (κ1) is 13.4. The van der Waals surface area contributed by atoms with Gasteiger partial charge in [0.1, 0.15) is 0 Å². The average Bonchev–Trinajstić information content (AvgIpc) is 2.69. The van der Waals surface area contributed by atoms with E-state index in [1.807, 2.05) is 6.92 Å². The van der Waals surface area contributed by atoms with E-state index in [1.165, 1.54) is 16.7 Å². The fraction of sp³-hybridized carbons (Fsp3) is 0.400.